The molecule has 0 atom stereocenters. The van der Waals surface area contributed by atoms with E-state index in [4.69, 9.17) is 0 Å². The topological polar surface area (TPSA) is 88.7 Å². The van der Waals surface area contributed by atoms with Gasteiger partial charge in [0.1, 0.15) is 0 Å². The fraction of sp³-hybridized carbons (Fsp3) is 0.548. The van der Waals surface area contributed by atoms with Crippen molar-refractivity contribution in [3.05, 3.63) is 62.1 Å². The lowest BCUT2D eigenvalue weighted by Gasteiger charge is -2.38. The standard InChI is InChI=1S/C31H42N4O3/c1-6-35(25-11-9-20(2)10-12-25)29-16-24(8-7-13-34-18-26(36)19-34)15-27(23(29)5)30(37)32-17-28-21(3)14-22(4)33-31(28)38/h14-16,20,25-26,36H,6,9-13,17-19H2,1-5H3,(H,32,37)(H,33,38). The Labute approximate surface area is 226 Å². The molecule has 7 heteroatoms. The van der Waals surface area contributed by atoms with Crippen molar-refractivity contribution in [1.29, 1.82) is 0 Å². The number of β-amino-alcohol motifs (C(OH)–C–C–N with tert-alkyl or cyclic N) is 1. The van der Waals surface area contributed by atoms with Crippen LogP contribution in [0.2, 0.25) is 0 Å². The molecule has 0 radical (unpaired) electrons. The van der Waals surface area contributed by atoms with Gasteiger partial charge in [0.25, 0.3) is 11.5 Å². The molecule has 1 aromatic carbocycles. The summed E-state index contributed by atoms with van der Waals surface area (Å²) in [5.74, 6) is 7.06. The number of aliphatic hydroxyl groups is 1. The molecule has 204 valence electrons. The highest BCUT2D eigenvalue weighted by Gasteiger charge is 2.26. The molecule has 2 aromatic rings. The molecule has 1 aromatic heterocycles. The maximum atomic E-state index is 13.5. The van der Waals surface area contributed by atoms with Crippen LogP contribution in [0, 0.1) is 38.5 Å². The number of aromatic nitrogens is 1. The summed E-state index contributed by atoms with van der Waals surface area (Å²) in [7, 11) is 0. The summed E-state index contributed by atoms with van der Waals surface area (Å²) in [6.07, 6.45) is 4.49. The van der Waals surface area contributed by atoms with Crippen molar-refractivity contribution in [2.45, 2.75) is 79.0 Å². The van der Waals surface area contributed by atoms with E-state index in [0.29, 0.717) is 36.8 Å². The first-order valence-electron chi connectivity index (χ1n) is 13.9. The van der Waals surface area contributed by atoms with Crippen LogP contribution in [0.5, 0.6) is 0 Å². The quantitative estimate of drug-likeness (QED) is 0.487. The molecule has 3 N–H and O–H groups in total. The molecule has 0 spiro atoms. The molecule has 0 bridgehead atoms. The smallest absolute Gasteiger partial charge is 0.253 e. The largest absolute Gasteiger partial charge is 0.390 e. The number of aliphatic hydroxyl groups excluding tert-OH is 1. The number of aryl methyl sites for hydroxylation is 2. The highest BCUT2D eigenvalue weighted by Crippen LogP contribution is 2.33. The number of pyridine rings is 1. The number of likely N-dealkylation sites (tertiary alicyclic amines) is 1. The Hall–Kier alpha value is -3.08. The van der Waals surface area contributed by atoms with Gasteiger partial charge in [-0.25, -0.2) is 0 Å². The van der Waals surface area contributed by atoms with Crippen LogP contribution < -0.4 is 15.8 Å². The zero-order chi connectivity index (χ0) is 27.4. The Balaban J connectivity index is 1.63. The number of carbonyl (C=O) groups is 1. The summed E-state index contributed by atoms with van der Waals surface area (Å²) >= 11 is 0. The van der Waals surface area contributed by atoms with Crippen molar-refractivity contribution in [2.24, 2.45) is 5.92 Å². The number of nitrogens with one attached hydrogen (secondary N) is 2. The Morgan fingerprint density at radius 1 is 1.16 bits per heavy atom. The monoisotopic (exact) mass is 518 g/mol. The highest BCUT2D eigenvalue weighted by atomic mass is 16.3. The number of hydrogen-bond donors (Lipinski definition) is 3. The fourth-order valence-corrected chi connectivity index (χ4v) is 5.77. The van der Waals surface area contributed by atoms with Crippen molar-refractivity contribution in [3.8, 4) is 11.8 Å². The van der Waals surface area contributed by atoms with Crippen LogP contribution in [0.4, 0.5) is 5.69 Å². The average molecular weight is 519 g/mol. The molecule has 2 fully saturated rings. The van der Waals surface area contributed by atoms with E-state index in [0.717, 1.165) is 53.4 Å². The first kappa shape index (κ1) is 27.9. The van der Waals surface area contributed by atoms with Crippen molar-refractivity contribution in [2.75, 3.05) is 31.1 Å². The summed E-state index contributed by atoms with van der Waals surface area (Å²) in [6, 6.07) is 6.37. The minimum absolute atomic E-state index is 0.167. The van der Waals surface area contributed by atoms with Crippen LogP contribution in [0.15, 0.2) is 23.0 Å². The lowest BCUT2D eigenvalue weighted by atomic mass is 9.86. The average Bonchev–Trinajstić information content (AvgIpc) is 2.85. The molecule has 4 rings (SSSR count). The number of carbonyl (C=O) groups excluding carboxylic acids is 1. The number of anilines is 1. The third-order valence-corrected chi connectivity index (χ3v) is 8.09. The summed E-state index contributed by atoms with van der Waals surface area (Å²) in [5, 5.41) is 12.5. The van der Waals surface area contributed by atoms with Gasteiger partial charge < -0.3 is 20.3 Å². The summed E-state index contributed by atoms with van der Waals surface area (Å²) in [4.78, 5) is 33.4. The number of aromatic amines is 1. The zero-order valence-corrected chi connectivity index (χ0v) is 23.5. The second-order valence-corrected chi connectivity index (χ2v) is 11.1. The van der Waals surface area contributed by atoms with Crippen molar-refractivity contribution in [1.82, 2.24) is 15.2 Å². The van der Waals surface area contributed by atoms with Gasteiger partial charge in [0, 0.05) is 60.3 Å². The summed E-state index contributed by atoms with van der Waals surface area (Å²) in [6.45, 7) is 13.2. The molecule has 1 aliphatic carbocycles. The Morgan fingerprint density at radius 3 is 2.50 bits per heavy atom. The molecule has 38 heavy (non-hydrogen) atoms. The van der Waals surface area contributed by atoms with Crippen LogP contribution in [-0.2, 0) is 6.54 Å². The molecule has 1 amide bonds. The summed E-state index contributed by atoms with van der Waals surface area (Å²) < 4.78 is 0. The molecular formula is C31H42N4O3. The molecule has 0 unspecified atom stereocenters. The van der Waals surface area contributed by atoms with Crippen LogP contribution in [0.3, 0.4) is 0 Å². The Bertz CT molecular complexity index is 1270. The second-order valence-electron chi connectivity index (χ2n) is 11.1. The zero-order valence-electron chi connectivity index (χ0n) is 23.5. The predicted octanol–water partition coefficient (Wildman–Crippen LogP) is 3.66. The molecule has 2 aliphatic rings. The number of nitrogens with zero attached hydrogens (tertiary/aromatic N) is 2. The van der Waals surface area contributed by atoms with E-state index in [1.165, 1.54) is 12.8 Å². The minimum atomic E-state index is -0.251. The van der Waals surface area contributed by atoms with E-state index in [-0.39, 0.29) is 24.1 Å². The van der Waals surface area contributed by atoms with Gasteiger partial charge in [0.2, 0.25) is 0 Å². The molecule has 1 saturated carbocycles. The predicted molar refractivity (Wildman–Crippen MR) is 153 cm³/mol. The normalized spacial score (nSPS) is 19.8. The van der Waals surface area contributed by atoms with Crippen LogP contribution >= 0.6 is 0 Å². The van der Waals surface area contributed by atoms with Gasteiger partial charge in [0.15, 0.2) is 0 Å². The van der Waals surface area contributed by atoms with Crippen molar-refractivity contribution in [3.63, 3.8) is 0 Å². The number of H-pyrrole nitrogens is 1. The van der Waals surface area contributed by atoms with Gasteiger partial charge in [-0.2, -0.15) is 0 Å². The molecule has 2 heterocycles. The van der Waals surface area contributed by atoms with Gasteiger partial charge in [-0.05, 0) is 88.6 Å². The van der Waals surface area contributed by atoms with E-state index in [2.05, 4.69) is 51.9 Å². The van der Waals surface area contributed by atoms with Gasteiger partial charge >= 0.3 is 0 Å². The summed E-state index contributed by atoms with van der Waals surface area (Å²) in [5.41, 5.74) is 5.48. The highest BCUT2D eigenvalue weighted by molar-refractivity contribution is 5.97. The minimum Gasteiger partial charge on any atom is -0.390 e. The third-order valence-electron chi connectivity index (χ3n) is 8.09. The fourth-order valence-electron chi connectivity index (χ4n) is 5.77. The second kappa shape index (κ2) is 12.2. The lowest BCUT2D eigenvalue weighted by molar-refractivity contribution is 0.0111. The van der Waals surface area contributed by atoms with E-state index >= 15 is 0 Å². The molecule has 1 saturated heterocycles. The Kier molecular flexibility index (Phi) is 8.96. The molecule has 1 aliphatic heterocycles. The van der Waals surface area contributed by atoms with Crippen molar-refractivity contribution < 1.29 is 9.90 Å². The molecular weight excluding hydrogens is 476 g/mol. The number of benzene rings is 1. The SMILES string of the molecule is CCN(c1cc(C#CCN2CC(O)C2)cc(C(=O)NCc2c(C)cc(C)[nH]c2=O)c1C)C1CCC(C)CC1. The maximum Gasteiger partial charge on any atom is 0.253 e. The van der Waals surface area contributed by atoms with Gasteiger partial charge in [0.05, 0.1) is 12.6 Å². The molecule has 7 nitrogen and oxygen atoms in total. The third kappa shape index (κ3) is 6.48. The maximum absolute atomic E-state index is 13.5. The van der Waals surface area contributed by atoms with Crippen LogP contribution in [0.25, 0.3) is 0 Å². The number of rotatable bonds is 7. The lowest BCUT2D eigenvalue weighted by Crippen LogP contribution is -2.50. The Morgan fingerprint density at radius 2 is 1.87 bits per heavy atom. The van der Waals surface area contributed by atoms with E-state index < -0.39 is 0 Å². The van der Waals surface area contributed by atoms with Crippen molar-refractivity contribution >= 4 is 11.6 Å². The van der Waals surface area contributed by atoms with E-state index in [1.54, 1.807) is 0 Å². The van der Waals surface area contributed by atoms with Gasteiger partial charge in [-0.3, -0.25) is 14.5 Å². The number of amides is 1. The first-order valence-corrected chi connectivity index (χ1v) is 13.9. The van der Waals surface area contributed by atoms with Gasteiger partial charge in [-0.15, -0.1) is 0 Å². The first-order chi connectivity index (χ1) is 18.2. The van der Waals surface area contributed by atoms with Crippen LogP contribution in [-0.4, -0.2) is 59.2 Å². The number of hydrogen-bond acceptors (Lipinski definition) is 5. The van der Waals surface area contributed by atoms with E-state index in [1.807, 2.05) is 32.9 Å². The van der Waals surface area contributed by atoms with Gasteiger partial charge in [-0.1, -0.05) is 18.8 Å². The van der Waals surface area contributed by atoms with Crippen LogP contribution in [0.1, 0.15) is 77.8 Å². The van der Waals surface area contributed by atoms with E-state index in [9.17, 15) is 14.7 Å².